The van der Waals surface area contributed by atoms with E-state index in [0.29, 0.717) is 5.69 Å². The molecule has 0 fully saturated rings. The molecule has 5 aromatic rings. The fourth-order valence-corrected chi connectivity index (χ4v) is 3.98. The van der Waals surface area contributed by atoms with E-state index in [0.717, 1.165) is 51.0 Å². The Morgan fingerprint density at radius 3 is 2.55 bits per heavy atom. The summed E-state index contributed by atoms with van der Waals surface area (Å²) in [4.78, 5) is 22.1. The van der Waals surface area contributed by atoms with Crippen molar-refractivity contribution < 1.29 is 5.11 Å². The zero-order valence-electron chi connectivity index (χ0n) is 17.6. The molecule has 8 nitrogen and oxygen atoms in total. The van der Waals surface area contributed by atoms with Crippen molar-refractivity contribution in [2.45, 2.75) is 27.0 Å². The standard InChI is InChI=1S/C23H22N6O2/c1-4-28-12-21(14(2)26-28)29-22-18-9-15(16-5-7-17(13-30)24-10-16)6-8-19(18)25-11-20(22)27(3)23(29)31/h5-12,30H,4,13H2,1-3H3. The van der Waals surface area contributed by atoms with Crippen LogP contribution in [0.1, 0.15) is 18.3 Å². The van der Waals surface area contributed by atoms with E-state index in [4.69, 9.17) is 0 Å². The molecule has 1 N–H and O–H groups in total. The summed E-state index contributed by atoms with van der Waals surface area (Å²) in [6, 6.07) is 9.71. The monoisotopic (exact) mass is 414 g/mol. The molecular weight excluding hydrogens is 392 g/mol. The van der Waals surface area contributed by atoms with Crippen molar-refractivity contribution in [2.75, 3.05) is 0 Å². The zero-order valence-corrected chi connectivity index (χ0v) is 17.6. The van der Waals surface area contributed by atoms with Crippen LogP contribution in [0.5, 0.6) is 0 Å². The molecule has 0 saturated heterocycles. The van der Waals surface area contributed by atoms with E-state index in [1.165, 1.54) is 0 Å². The third kappa shape index (κ3) is 2.95. The van der Waals surface area contributed by atoms with Crippen LogP contribution in [0.3, 0.4) is 0 Å². The maximum absolute atomic E-state index is 13.2. The van der Waals surface area contributed by atoms with Crippen LogP contribution in [0.4, 0.5) is 0 Å². The average molecular weight is 414 g/mol. The Morgan fingerprint density at radius 1 is 1.06 bits per heavy atom. The molecule has 0 amide bonds. The van der Waals surface area contributed by atoms with Crippen molar-refractivity contribution in [1.82, 2.24) is 28.9 Å². The van der Waals surface area contributed by atoms with Gasteiger partial charge in [-0.15, -0.1) is 0 Å². The molecule has 8 heteroatoms. The molecule has 0 saturated carbocycles. The summed E-state index contributed by atoms with van der Waals surface area (Å²) >= 11 is 0. The SMILES string of the molecule is CCn1cc(-n2c(=O)n(C)c3cnc4ccc(-c5ccc(CO)nc5)cc4c32)c(C)n1. The van der Waals surface area contributed by atoms with Crippen molar-refractivity contribution in [3.63, 3.8) is 0 Å². The normalized spacial score (nSPS) is 11.6. The Bertz CT molecular complexity index is 1490. The van der Waals surface area contributed by atoms with Gasteiger partial charge in [-0.05, 0) is 37.6 Å². The highest BCUT2D eigenvalue weighted by molar-refractivity contribution is 6.04. The Kier molecular flexibility index (Phi) is 4.44. The van der Waals surface area contributed by atoms with Gasteiger partial charge >= 0.3 is 5.69 Å². The fourth-order valence-electron chi connectivity index (χ4n) is 3.98. The van der Waals surface area contributed by atoms with Crippen molar-refractivity contribution in [1.29, 1.82) is 0 Å². The number of aromatic nitrogens is 6. The van der Waals surface area contributed by atoms with Gasteiger partial charge in [-0.3, -0.25) is 23.8 Å². The van der Waals surface area contributed by atoms with Gasteiger partial charge in [0.2, 0.25) is 0 Å². The Hall–Kier alpha value is -3.78. The predicted molar refractivity (Wildman–Crippen MR) is 119 cm³/mol. The van der Waals surface area contributed by atoms with Gasteiger partial charge in [0.1, 0.15) is 0 Å². The zero-order chi connectivity index (χ0) is 21.7. The topological polar surface area (TPSA) is 90.8 Å². The number of rotatable bonds is 4. The lowest BCUT2D eigenvalue weighted by molar-refractivity contribution is 0.277. The summed E-state index contributed by atoms with van der Waals surface area (Å²) in [7, 11) is 1.76. The first-order chi connectivity index (χ1) is 15.0. The van der Waals surface area contributed by atoms with Gasteiger partial charge in [-0.25, -0.2) is 4.79 Å². The first-order valence-electron chi connectivity index (χ1n) is 10.1. The van der Waals surface area contributed by atoms with E-state index in [9.17, 15) is 9.90 Å². The second-order valence-corrected chi connectivity index (χ2v) is 7.55. The molecule has 1 aromatic carbocycles. The second-order valence-electron chi connectivity index (χ2n) is 7.55. The summed E-state index contributed by atoms with van der Waals surface area (Å²) in [5.74, 6) is 0. The van der Waals surface area contributed by atoms with Crippen LogP contribution in [0.2, 0.25) is 0 Å². The number of fused-ring (bicyclic) bond motifs is 3. The van der Waals surface area contributed by atoms with E-state index >= 15 is 0 Å². The molecule has 0 bridgehead atoms. The number of pyridine rings is 2. The molecule has 4 heterocycles. The van der Waals surface area contributed by atoms with Gasteiger partial charge in [0.05, 0.1) is 46.4 Å². The third-order valence-corrected chi connectivity index (χ3v) is 5.69. The largest absolute Gasteiger partial charge is 0.390 e. The van der Waals surface area contributed by atoms with Crippen LogP contribution in [0.15, 0.2) is 53.7 Å². The number of nitrogens with zero attached hydrogens (tertiary/aromatic N) is 6. The Morgan fingerprint density at radius 2 is 1.87 bits per heavy atom. The van der Waals surface area contributed by atoms with Crippen molar-refractivity contribution >= 4 is 21.9 Å². The van der Waals surface area contributed by atoms with Gasteiger partial charge in [-0.1, -0.05) is 12.1 Å². The summed E-state index contributed by atoms with van der Waals surface area (Å²) in [6.07, 6.45) is 5.39. The van der Waals surface area contributed by atoms with Gasteiger partial charge in [0, 0.05) is 36.9 Å². The Labute approximate surface area is 178 Å². The summed E-state index contributed by atoms with van der Waals surface area (Å²) in [6.45, 7) is 4.56. The molecular formula is C23H22N6O2. The maximum Gasteiger partial charge on any atom is 0.333 e. The highest BCUT2D eigenvalue weighted by Crippen LogP contribution is 2.30. The number of aryl methyl sites for hydroxylation is 3. The maximum atomic E-state index is 13.2. The quantitative estimate of drug-likeness (QED) is 0.488. The lowest BCUT2D eigenvalue weighted by Gasteiger charge is -2.08. The molecule has 5 rings (SSSR count). The summed E-state index contributed by atoms with van der Waals surface area (Å²) in [5.41, 5.74) is 6.29. The molecule has 0 spiro atoms. The number of benzene rings is 1. The average Bonchev–Trinajstić information content (AvgIpc) is 3.30. The number of aliphatic hydroxyl groups is 1. The van der Waals surface area contributed by atoms with Crippen molar-refractivity contribution in [3.05, 3.63) is 70.8 Å². The number of aliphatic hydroxyl groups excluding tert-OH is 1. The molecule has 156 valence electrons. The van der Waals surface area contributed by atoms with E-state index in [1.54, 1.807) is 34.6 Å². The van der Waals surface area contributed by atoms with E-state index in [2.05, 4.69) is 15.1 Å². The highest BCUT2D eigenvalue weighted by atomic mass is 16.3. The minimum atomic E-state index is -0.137. The molecule has 0 radical (unpaired) electrons. The minimum absolute atomic E-state index is 0.0936. The minimum Gasteiger partial charge on any atom is -0.390 e. The second kappa shape index (κ2) is 7.17. The van der Waals surface area contributed by atoms with Gasteiger partial charge in [0.25, 0.3) is 0 Å². The third-order valence-electron chi connectivity index (χ3n) is 5.69. The smallest absolute Gasteiger partial charge is 0.333 e. The Balaban J connectivity index is 1.83. The molecule has 0 unspecified atom stereocenters. The number of imidazole rings is 1. The van der Waals surface area contributed by atoms with Crippen LogP contribution in [-0.4, -0.2) is 34.0 Å². The molecule has 31 heavy (non-hydrogen) atoms. The fraction of sp³-hybridized carbons (Fsp3) is 0.217. The van der Waals surface area contributed by atoms with Crippen LogP contribution in [0, 0.1) is 6.92 Å². The van der Waals surface area contributed by atoms with E-state index in [1.807, 2.05) is 49.0 Å². The first-order valence-corrected chi connectivity index (χ1v) is 10.1. The van der Waals surface area contributed by atoms with Crippen LogP contribution < -0.4 is 5.69 Å². The molecule has 0 aliphatic carbocycles. The summed E-state index contributed by atoms with van der Waals surface area (Å²) < 4.78 is 5.18. The molecule has 0 aliphatic rings. The van der Waals surface area contributed by atoms with Gasteiger partial charge in [-0.2, -0.15) is 5.10 Å². The van der Waals surface area contributed by atoms with Gasteiger partial charge < -0.3 is 5.11 Å². The van der Waals surface area contributed by atoms with Gasteiger partial charge in [0.15, 0.2) is 0 Å². The molecule has 0 atom stereocenters. The lowest BCUT2D eigenvalue weighted by Crippen LogP contribution is -2.21. The lowest BCUT2D eigenvalue weighted by atomic mass is 10.0. The van der Waals surface area contributed by atoms with Crippen molar-refractivity contribution in [2.24, 2.45) is 7.05 Å². The van der Waals surface area contributed by atoms with Crippen LogP contribution in [-0.2, 0) is 20.2 Å². The number of hydrogen-bond acceptors (Lipinski definition) is 5. The molecule has 4 aromatic heterocycles. The highest BCUT2D eigenvalue weighted by Gasteiger charge is 2.19. The van der Waals surface area contributed by atoms with E-state index < -0.39 is 0 Å². The predicted octanol–water partition coefficient (Wildman–Crippen LogP) is 2.96. The van der Waals surface area contributed by atoms with Crippen molar-refractivity contribution in [3.8, 4) is 16.8 Å². The van der Waals surface area contributed by atoms with Crippen LogP contribution in [0.25, 0.3) is 38.8 Å². The first kappa shape index (κ1) is 19.2. The summed E-state index contributed by atoms with van der Waals surface area (Å²) in [5, 5.41) is 14.7. The van der Waals surface area contributed by atoms with E-state index in [-0.39, 0.29) is 12.3 Å². The van der Waals surface area contributed by atoms with Crippen LogP contribution >= 0.6 is 0 Å². The molecule has 0 aliphatic heterocycles. The number of hydrogen-bond donors (Lipinski definition) is 1.